The number of carbonyl (C=O) groups excluding carboxylic acids is 2. The molecule has 3 rings (SSSR count). The van der Waals surface area contributed by atoms with Gasteiger partial charge in [-0.15, -0.1) is 0 Å². The molecule has 0 radical (unpaired) electrons. The number of piperidine rings is 1. The lowest BCUT2D eigenvalue weighted by molar-refractivity contribution is -0.121. The van der Waals surface area contributed by atoms with Gasteiger partial charge in [0.25, 0.3) is 0 Å². The van der Waals surface area contributed by atoms with Crippen LogP contribution in [0, 0.1) is 5.82 Å². The first-order valence-corrected chi connectivity index (χ1v) is 8.14. The van der Waals surface area contributed by atoms with E-state index in [4.69, 9.17) is 0 Å². The van der Waals surface area contributed by atoms with Gasteiger partial charge in [0.2, 0.25) is 5.91 Å². The number of aromatic nitrogens is 1. The number of anilines is 1. The Bertz CT molecular complexity index is 754. The standard InChI is InChI=1S/C18H19FN4O2/c19-14-3-1-4-15(11-14)23-10-2-5-16(17(23)24)22-18(25)21-12-13-6-8-20-9-7-13/h1,3-4,6-9,11,16H,2,5,10,12H2,(H2,21,22,25). The van der Waals surface area contributed by atoms with Crippen LogP contribution >= 0.6 is 0 Å². The molecule has 2 N–H and O–H groups in total. The van der Waals surface area contributed by atoms with Crippen LogP contribution in [0.2, 0.25) is 0 Å². The zero-order valence-electron chi connectivity index (χ0n) is 13.6. The van der Waals surface area contributed by atoms with E-state index in [1.165, 1.54) is 17.0 Å². The van der Waals surface area contributed by atoms with Crippen LogP contribution < -0.4 is 15.5 Å². The third kappa shape index (κ3) is 4.32. The average Bonchev–Trinajstić information content (AvgIpc) is 2.63. The number of carbonyl (C=O) groups is 2. The van der Waals surface area contributed by atoms with Gasteiger partial charge in [0.05, 0.1) is 0 Å². The van der Waals surface area contributed by atoms with Crippen molar-refractivity contribution in [2.24, 2.45) is 0 Å². The summed E-state index contributed by atoms with van der Waals surface area (Å²) in [6.45, 7) is 0.863. The van der Waals surface area contributed by atoms with Gasteiger partial charge in [-0.25, -0.2) is 9.18 Å². The predicted molar refractivity (Wildman–Crippen MR) is 91.4 cm³/mol. The highest BCUT2D eigenvalue weighted by molar-refractivity contribution is 5.99. The SMILES string of the molecule is O=C(NCc1ccncc1)NC1CCCN(c2cccc(F)c2)C1=O. The van der Waals surface area contributed by atoms with Crippen LogP contribution in [-0.2, 0) is 11.3 Å². The molecule has 0 aliphatic carbocycles. The van der Waals surface area contributed by atoms with Crippen LogP contribution in [-0.4, -0.2) is 29.5 Å². The van der Waals surface area contributed by atoms with Gasteiger partial charge in [-0.1, -0.05) is 6.07 Å². The Morgan fingerprint density at radius 1 is 1.28 bits per heavy atom. The number of halogens is 1. The molecule has 0 spiro atoms. The number of urea groups is 1. The quantitative estimate of drug-likeness (QED) is 0.895. The summed E-state index contributed by atoms with van der Waals surface area (Å²) in [6, 6.07) is 8.49. The molecule has 1 unspecified atom stereocenters. The van der Waals surface area contributed by atoms with E-state index in [1.54, 1.807) is 36.7 Å². The molecule has 1 fully saturated rings. The van der Waals surface area contributed by atoms with Crippen molar-refractivity contribution in [1.82, 2.24) is 15.6 Å². The maximum atomic E-state index is 13.4. The average molecular weight is 342 g/mol. The van der Waals surface area contributed by atoms with Gasteiger partial charge in [-0.2, -0.15) is 0 Å². The third-order valence-electron chi connectivity index (χ3n) is 4.07. The molecule has 25 heavy (non-hydrogen) atoms. The summed E-state index contributed by atoms with van der Waals surface area (Å²) in [7, 11) is 0. The van der Waals surface area contributed by atoms with Crippen molar-refractivity contribution in [2.45, 2.75) is 25.4 Å². The van der Waals surface area contributed by atoms with Crippen LogP contribution in [0.5, 0.6) is 0 Å². The second kappa shape index (κ2) is 7.74. The zero-order valence-corrected chi connectivity index (χ0v) is 13.6. The number of amides is 3. The van der Waals surface area contributed by atoms with Gasteiger partial charge in [0.15, 0.2) is 0 Å². The first kappa shape index (κ1) is 16.9. The summed E-state index contributed by atoms with van der Waals surface area (Å²) in [5, 5.41) is 5.42. The van der Waals surface area contributed by atoms with Gasteiger partial charge < -0.3 is 15.5 Å². The minimum atomic E-state index is -0.616. The molecule has 1 aromatic heterocycles. The molecule has 2 heterocycles. The molecule has 6 nitrogen and oxygen atoms in total. The maximum absolute atomic E-state index is 13.4. The molecule has 1 aliphatic rings. The van der Waals surface area contributed by atoms with E-state index in [1.807, 2.05) is 0 Å². The van der Waals surface area contributed by atoms with E-state index in [2.05, 4.69) is 15.6 Å². The van der Waals surface area contributed by atoms with Crippen molar-refractivity contribution >= 4 is 17.6 Å². The molecule has 1 atom stereocenters. The van der Waals surface area contributed by atoms with Crippen LogP contribution in [0.15, 0.2) is 48.8 Å². The summed E-state index contributed by atoms with van der Waals surface area (Å²) in [6.07, 6.45) is 4.60. The molecule has 1 aliphatic heterocycles. The highest BCUT2D eigenvalue weighted by Crippen LogP contribution is 2.21. The number of rotatable bonds is 4. The summed E-state index contributed by atoms with van der Waals surface area (Å²) in [4.78, 5) is 30.1. The van der Waals surface area contributed by atoms with Crippen molar-refractivity contribution in [1.29, 1.82) is 0 Å². The van der Waals surface area contributed by atoms with Crippen LogP contribution in [0.1, 0.15) is 18.4 Å². The van der Waals surface area contributed by atoms with Crippen molar-refractivity contribution in [3.63, 3.8) is 0 Å². The number of hydrogen-bond donors (Lipinski definition) is 2. The van der Waals surface area contributed by atoms with Crippen LogP contribution in [0.3, 0.4) is 0 Å². The van der Waals surface area contributed by atoms with E-state index in [0.717, 1.165) is 12.0 Å². The number of pyridine rings is 1. The van der Waals surface area contributed by atoms with Crippen molar-refractivity contribution in [3.8, 4) is 0 Å². The highest BCUT2D eigenvalue weighted by Gasteiger charge is 2.30. The maximum Gasteiger partial charge on any atom is 0.315 e. The molecule has 1 saturated heterocycles. The van der Waals surface area contributed by atoms with Gasteiger partial charge in [-0.3, -0.25) is 9.78 Å². The van der Waals surface area contributed by atoms with E-state index < -0.39 is 17.9 Å². The fraction of sp³-hybridized carbons (Fsp3) is 0.278. The van der Waals surface area contributed by atoms with E-state index >= 15 is 0 Å². The Balaban J connectivity index is 1.58. The Kier molecular flexibility index (Phi) is 5.23. The fourth-order valence-electron chi connectivity index (χ4n) is 2.80. The molecule has 130 valence electrons. The first-order chi connectivity index (χ1) is 12.1. The van der Waals surface area contributed by atoms with Crippen LogP contribution in [0.4, 0.5) is 14.9 Å². The molecule has 1 aromatic carbocycles. The van der Waals surface area contributed by atoms with Gasteiger partial charge in [0, 0.05) is 31.2 Å². The molecule has 2 aromatic rings. The molecule has 0 bridgehead atoms. The summed E-state index contributed by atoms with van der Waals surface area (Å²) >= 11 is 0. The second-order valence-electron chi connectivity index (χ2n) is 5.85. The summed E-state index contributed by atoms with van der Waals surface area (Å²) < 4.78 is 13.4. The number of nitrogens with one attached hydrogen (secondary N) is 2. The van der Waals surface area contributed by atoms with Gasteiger partial charge in [-0.05, 0) is 48.7 Å². The Morgan fingerprint density at radius 3 is 2.84 bits per heavy atom. The highest BCUT2D eigenvalue weighted by atomic mass is 19.1. The lowest BCUT2D eigenvalue weighted by Gasteiger charge is -2.32. The monoisotopic (exact) mass is 342 g/mol. The second-order valence-corrected chi connectivity index (χ2v) is 5.85. The Labute approximate surface area is 145 Å². The van der Waals surface area contributed by atoms with Gasteiger partial charge in [0.1, 0.15) is 11.9 Å². The van der Waals surface area contributed by atoms with E-state index in [9.17, 15) is 14.0 Å². The largest absolute Gasteiger partial charge is 0.334 e. The molecular weight excluding hydrogens is 323 g/mol. The molecule has 7 heteroatoms. The first-order valence-electron chi connectivity index (χ1n) is 8.14. The van der Waals surface area contributed by atoms with Crippen molar-refractivity contribution in [2.75, 3.05) is 11.4 Å². The third-order valence-corrected chi connectivity index (χ3v) is 4.07. The fourth-order valence-corrected chi connectivity index (χ4v) is 2.80. The van der Waals surface area contributed by atoms with E-state index in [-0.39, 0.29) is 5.91 Å². The molecular formula is C18H19FN4O2. The number of hydrogen-bond acceptors (Lipinski definition) is 3. The normalized spacial score (nSPS) is 17.2. The Hall–Kier alpha value is -2.96. The van der Waals surface area contributed by atoms with Crippen molar-refractivity contribution < 1.29 is 14.0 Å². The predicted octanol–water partition coefficient (Wildman–Crippen LogP) is 2.22. The molecule has 0 saturated carbocycles. The lowest BCUT2D eigenvalue weighted by Crippen LogP contribution is -2.54. The minimum Gasteiger partial charge on any atom is -0.334 e. The topological polar surface area (TPSA) is 74.3 Å². The number of nitrogens with zero attached hydrogens (tertiary/aromatic N) is 2. The van der Waals surface area contributed by atoms with Crippen molar-refractivity contribution in [3.05, 3.63) is 60.2 Å². The molecule has 3 amide bonds. The van der Waals surface area contributed by atoms with E-state index in [0.29, 0.717) is 25.2 Å². The number of benzene rings is 1. The smallest absolute Gasteiger partial charge is 0.315 e. The Morgan fingerprint density at radius 2 is 2.08 bits per heavy atom. The summed E-state index contributed by atoms with van der Waals surface area (Å²) in [5.41, 5.74) is 1.43. The minimum absolute atomic E-state index is 0.226. The lowest BCUT2D eigenvalue weighted by atomic mass is 10.0. The zero-order chi connectivity index (χ0) is 17.6. The van der Waals surface area contributed by atoms with Crippen LogP contribution in [0.25, 0.3) is 0 Å². The van der Waals surface area contributed by atoms with Gasteiger partial charge >= 0.3 is 6.03 Å². The summed E-state index contributed by atoms with van der Waals surface area (Å²) in [5.74, 6) is -0.619.